The minimum atomic E-state index is -0.505. The molecule has 6 nitrogen and oxygen atoms in total. The van der Waals surface area contributed by atoms with Gasteiger partial charge in [-0.05, 0) is 38.8 Å². The van der Waals surface area contributed by atoms with Gasteiger partial charge < -0.3 is 13.7 Å². The van der Waals surface area contributed by atoms with Crippen molar-refractivity contribution in [3.8, 4) is 23.8 Å². The molecule has 1 aliphatic rings. The maximum absolute atomic E-state index is 12.2. The minimum Gasteiger partial charge on any atom is -0.446 e. The summed E-state index contributed by atoms with van der Waals surface area (Å²) in [7, 11) is 0. The number of imidazole rings is 1. The number of fused-ring (bicyclic) bond motifs is 1. The number of carbonyl (C=O) groups excluding carboxylic acids is 1. The summed E-state index contributed by atoms with van der Waals surface area (Å²) < 4.78 is 13.0. The largest absolute Gasteiger partial charge is 0.446 e. The van der Waals surface area contributed by atoms with Crippen molar-refractivity contribution in [1.29, 1.82) is 0 Å². The Morgan fingerprint density at radius 2 is 2.17 bits per heavy atom. The number of ether oxygens (including phenoxy) is 1. The van der Waals surface area contributed by atoms with E-state index in [1.165, 1.54) is 0 Å². The van der Waals surface area contributed by atoms with Crippen LogP contribution in [-0.4, -0.2) is 32.7 Å². The van der Waals surface area contributed by atoms with Gasteiger partial charge in [0.15, 0.2) is 11.5 Å². The van der Waals surface area contributed by atoms with Crippen molar-refractivity contribution in [2.45, 2.75) is 39.5 Å². The molecule has 0 saturated heterocycles. The van der Waals surface area contributed by atoms with Gasteiger partial charge in [-0.15, -0.1) is 6.42 Å². The Balaban J connectivity index is 1.79. The summed E-state index contributed by atoms with van der Waals surface area (Å²) in [6.45, 7) is 7.18. The zero-order valence-electron chi connectivity index (χ0n) is 13.5. The molecule has 0 fully saturated rings. The Bertz CT molecular complexity index is 774. The van der Waals surface area contributed by atoms with Gasteiger partial charge in [0.25, 0.3) is 0 Å². The van der Waals surface area contributed by atoms with Crippen molar-refractivity contribution in [1.82, 2.24) is 14.5 Å². The lowest BCUT2D eigenvalue weighted by Gasteiger charge is -2.30. The standard InChI is InChI=1S/C17H19N3O3/c1-5-12-6-7-14(22-12)13-10-18-15-11-19(8-9-20(13)15)16(21)23-17(2,3)4/h1,6-7,10H,8-9,11H2,2-4H3. The summed E-state index contributed by atoms with van der Waals surface area (Å²) in [5, 5.41) is 0. The first-order chi connectivity index (χ1) is 10.9. The molecule has 6 heteroatoms. The normalized spacial score (nSPS) is 14.3. The molecule has 0 aromatic carbocycles. The van der Waals surface area contributed by atoms with E-state index in [2.05, 4.69) is 10.9 Å². The summed E-state index contributed by atoms with van der Waals surface area (Å²) in [6.07, 6.45) is 6.76. The SMILES string of the molecule is C#Cc1ccc(-c2cnc3n2CCN(C(=O)OC(C)(C)C)C3)o1. The van der Waals surface area contributed by atoms with Crippen LogP contribution in [0.2, 0.25) is 0 Å². The highest BCUT2D eigenvalue weighted by atomic mass is 16.6. The number of terminal acetylenes is 1. The summed E-state index contributed by atoms with van der Waals surface area (Å²) in [5.74, 6) is 4.44. The van der Waals surface area contributed by atoms with Crippen molar-refractivity contribution in [2.24, 2.45) is 0 Å². The fraction of sp³-hybridized carbons (Fsp3) is 0.412. The molecule has 120 valence electrons. The zero-order chi connectivity index (χ0) is 16.6. The molecule has 1 aliphatic heterocycles. The summed E-state index contributed by atoms with van der Waals surface area (Å²) in [4.78, 5) is 18.2. The quantitative estimate of drug-likeness (QED) is 0.760. The van der Waals surface area contributed by atoms with Gasteiger partial charge in [-0.2, -0.15) is 0 Å². The number of furan rings is 1. The van der Waals surface area contributed by atoms with E-state index in [1.54, 1.807) is 17.2 Å². The van der Waals surface area contributed by atoms with Crippen LogP contribution in [-0.2, 0) is 17.8 Å². The van der Waals surface area contributed by atoms with Crippen LogP contribution in [0.5, 0.6) is 0 Å². The number of hydrogen-bond donors (Lipinski definition) is 0. The van der Waals surface area contributed by atoms with Crippen LogP contribution >= 0.6 is 0 Å². The molecule has 0 N–H and O–H groups in total. The average molecular weight is 313 g/mol. The van der Waals surface area contributed by atoms with Crippen molar-refractivity contribution in [3.05, 3.63) is 29.9 Å². The van der Waals surface area contributed by atoms with E-state index in [4.69, 9.17) is 15.6 Å². The molecule has 2 aromatic rings. The van der Waals surface area contributed by atoms with Gasteiger partial charge in [0.2, 0.25) is 0 Å². The lowest BCUT2D eigenvalue weighted by atomic mass is 10.2. The number of nitrogens with zero attached hydrogens (tertiary/aromatic N) is 3. The van der Waals surface area contributed by atoms with Gasteiger partial charge in [0.05, 0.1) is 12.7 Å². The Morgan fingerprint density at radius 1 is 1.39 bits per heavy atom. The van der Waals surface area contributed by atoms with Gasteiger partial charge in [-0.25, -0.2) is 9.78 Å². The predicted octanol–water partition coefficient (Wildman–Crippen LogP) is 2.88. The van der Waals surface area contributed by atoms with Crippen LogP contribution in [0.25, 0.3) is 11.5 Å². The molecular weight excluding hydrogens is 294 g/mol. The van der Waals surface area contributed by atoms with Crippen molar-refractivity contribution < 1.29 is 13.9 Å². The van der Waals surface area contributed by atoms with Gasteiger partial charge in [0.1, 0.15) is 17.1 Å². The molecule has 23 heavy (non-hydrogen) atoms. The lowest BCUT2D eigenvalue weighted by molar-refractivity contribution is 0.0196. The summed E-state index contributed by atoms with van der Waals surface area (Å²) in [5.41, 5.74) is 0.361. The molecule has 0 spiro atoms. The van der Waals surface area contributed by atoms with E-state index in [-0.39, 0.29) is 6.09 Å². The highest BCUT2D eigenvalue weighted by Crippen LogP contribution is 2.26. The molecule has 0 atom stereocenters. The first-order valence-electron chi connectivity index (χ1n) is 7.46. The van der Waals surface area contributed by atoms with E-state index >= 15 is 0 Å². The first kappa shape index (κ1) is 15.2. The van der Waals surface area contributed by atoms with Crippen LogP contribution in [0.1, 0.15) is 32.4 Å². The Labute approximate surface area is 135 Å². The second-order valence-electron chi connectivity index (χ2n) is 6.42. The highest BCUT2D eigenvalue weighted by molar-refractivity contribution is 5.68. The molecule has 3 rings (SSSR count). The molecule has 0 bridgehead atoms. The Kier molecular flexibility index (Phi) is 3.64. The number of amides is 1. The van der Waals surface area contributed by atoms with Crippen molar-refractivity contribution in [3.63, 3.8) is 0 Å². The van der Waals surface area contributed by atoms with E-state index in [0.29, 0.717) is 31.2 Å². The third-order valence-corrected chi connectivity index (χ3v) is 3.52. The maximum Gasteiger partial charge on any atom is 0.410 e. The minimum absolute atomic E-state index is 0.319. The zero-order valence-corrected chi connectivity index (χ0v) is 13.5. The summed E-state index contributed by atoms with van der Waals surface area (Å²) >= 11 is 0. The number of carbonyl (C=O) groups is 1. The topological polar surface area (TPSA) is 60.5 Å². The van der Waals surface area contributed by atoms with Gasteiger partial charge >= 0.3 is 6.09 Å². The molecule has 0 aliphatic carbocycles. The molecule has 0 unspecified atom stereocenters. The van der Waals surface area contributed by atoms with E-state index in [9.17, 15) is 4.79 Å². The second kappa shape index (κ2) is 5.51. The first-order valence-corrected chi connectivity index (χ1v) is 7.46. The van der Waals surface area contributed by atoms with E-state index < -0.39 is 5.60 Å². The summed E-state index contributed by atoms with van der Waals surface area (Å²) in [6, 6.07) is 3.59. The molecule has 0 saturated carbocycles. The molecule has 3 heterocycles. The maximum atomic E-state index is 12.2. The molecular formula is C17H19N3O3. The Hall–Kier alpha value is -2.68. The monoisotopic (exact) mass is 313 g/mol. The van der Waals surface area contributed by atoms with Crippen LogP contribution in [0.3, 0.4) is 0 Å². The third-order valence-electron chi connectivity index (χ3n) is 3.52. The van der Waals surface area contributed by atoms with Gasteiger partial charge in [-0.1, -0.05) is 0 Å². The van der Waals surface area contributed by atoms with Crippen LogP contribution in [0, 0.1) is 12.3 Å². The molecule has 1 amide bonds. The van der Waals surface area contributed by atoms with Gasteiger partial charge in [0, 0.05) is 13.1 Å². The van der Waals surface area contributed by atoms with Crippen molar-refractivity contribution in [2.75, 3.05) is 6.54 Å². The number of aromatic nitrogens is 2. The second-order valence-corrected chi connectivity index (χ2v) is 6.42. The lowest BCUT2D eigenvalue weighted by Crippen LogP contribution is -2.41. The predicted molar refractivity (Wildman–Crippen MR) is 84.5 cm³/mol. The average Bonchev–Trinajstić information content (AvgIpc) is 3.10. The smallest absolute Gasteiger partial charge is 0.410 e. The van der Waals surface area contributed by atoms with Gasteiger partial charge in [-0.3, -0.25) is 4.90 Å². The highest BCUT2D eigenvalue weighted by Gasteiger charge is 2.28. The fourth-order valence-corrected chi connectivity index (χ4v) is 2.49. The van der Waals surface area contributed by atoms with Crippen LogP contribution < -0.4 is 0 Å². The van der Waals surface area contributed by atoms with E-state index in [1.807, 2.05) is 31.4 Å². The fourth-order valence-electron chi connectivity index (χ4n) is 2.49. The van der Waals surface area contributed by atoms with Crippen molar-refractivity contribution >= 4 is 6.09 Å². The van der Waals surface area contributed by atoms with Crippen LogP contribution in [0.15, 0.2) is 22.7 Å². The number of rotatable bonds is 1. The Morgan fingerprint density at radius 3 is 2.83 bits per heavy atom. The molecule has 0 radical (unpaired) electrons. The third kappa shape index (κ3) is 3.09. The number of hydrogen-bond acceptors (Lipinski definition) is 4. The van der Waals surface area contributed by atoms with E-state index in [0.717, 1.165) is 11.5 Å². The van der Waals surface area contributed by atoms with Crippen LogP contribution in [0.4, 0.5) is 4.79 Å². The molecule has 2 aromatic heterocycles.